The Bertz CT molecular complexity index is 865. The Morgan fingerprint density at radius 1 is 1.14 bits per heavy atom. The molecule has 1 aromatic carbocycles. The van der Waals surface area contributed by atoms with Gasteiger partial charge in [-0.1, -0.05) is 22.0 Å². The molecule has 0 aliphatic carbocycles. The molecule has 6 nitrogen and oxygen atoms in total. The van der Waals surface area contributed by atoms with E-state index in [0.29, 0.717) is 17.3 Å². The standard InChI is InChI=1S/C21H25BrN2O4/c1-20(2,21(3,4)28-16-8-6-7-14(22)11-16)17(25)13-18(26)24-15-9-10-23-19(12-15)27-5/h6-12H,13H2,1-5H3,(H,23,24,26). The molecule has 2 aromatic rings. The Labute approximate surface area is 173 Å². The second kappa shape index (κ2) is 8.73. The molecule has 0 atom stereocenters. The molecule has 0 saturated carbocycles. The normalized spacial score (nSPS) is 11.6. The van der Waals surface area contributed by atoms with Gasteiger partial charge in [0.2, 0.25) is 11.8 Å². The predicted octanol–water partition coefficient (Wildman–Crippen LogP) is 4.63. The summed E-state index contributed by atoms with van der Waals surface area (Å²) in [6.45, 7) is 7.26. The molecule has 1 heterocycles. The van der Waals surface area contributed by atoms with Crippen molar-refractivity contribution in [2.45, 2.75) is 39.7 Å². The molecule has 0 spiro atoms. The van der Waals surface area contributed by atoms with E-state index in [0.717, 1.165) is 4.47 Å². The van der Waals surface area contributed by atoms with Gasteiger partial charge in [-0.2, -0.15) is 0 Å². The van der Waals surface area contributed by atoms with Gasteiger partial charge < -0.3 is 14.8 Å². The summed E-state index contributed by atoms with van der Waals surface area (Å²) in [5, 5.41) is 2.70. The van der Waals surface area contributed by atoms with Gasteiger partial charge >= 0.3 is 0 Å². The molecule has 0 aliphatic heterocycles. The fourth-order valence-corrected chi connectivity index (χ4v) is 2.84. The van der Waals surface area contributed by atoms with Crippen molar-refractivity contribution in [3.63, 3.8) is 0 Å². The summed E-state index contributed by atoms with van der Waals surface area (Å²) in [7, 11) is 1.49. The smallest absolute Gasteiger partial charge is 0.231 e. The average Bonchev–Trinajstić information content (AvgIpc) is 2.61. The van der Waals surface area contributed by atoms with Gasteiger partial charge in [0.1, 0.15) is 11.4 Å². The molecule has 2 rings (SSSR count). The van der Waals surface area contributed by atoms with Gasteiger partial charge in [0.25, 0.3) is 0 Å². The maximum Gasteiger partial charge on any atom is 0.231 e. The number of ether oxygens (including phenoxy) is 2. The van der Waals surface area contributed by atoms with Crippen LogP contribution < -0.4 is 14.8 Å². The molecule has 1 N–H and O–H groups in total. The van der Waals surface area contributed by atoms with E-state index >= 15 is 0 Å². The third kappa shape index (κ3) is 5.32. The molecule has 28 heavy (non-hydrogen) atoms. The van der Waals surface area contributed by atoms with Crippen LogP contribution in [0.5, 0.6) is 11.6 Å². The molecule has 0 radical (unpaired) electrons. The second-order valence-corrected chi connectivity index (χ2v) is 8.35. The van der Waals surface area contributed by atoms with E-state index in [1.165, 1.54) is 13.3 Å². The van der Waals surface area contributed by atoms with Crippen LogP contribution in [0.1, 0.15) is 34.1 Å². The lowest BCUT2D eigenvalue weighted by molar-refractivity contribution is -0.140. The molecule has 150 valence electrons. The van der Waals surface area contributed by atoms with Crippen LogP contribution in [0.3, 0.4) is 0 Å². The first-order valence-corrected chi connectivity index (χ1v) is 9.62. The number of carbonyl (C=O) groups is 2. The van der Waals surface area contributed by atoms with Gasteiger partial charge in [0.15, 0.2) is 5.78 Å². The van der Waals surface area contributed by atoms with Crippen molar-refractivity contribution in [1.29, 1.82) is 0 Å². The minimum absolute atomic E-state index is 0.217. The number of nitrogens with one attached hydrogen (secondary N) is 1. The van der Waals surface area contributed by atoms with Crippen molar-refractivity contribution in [2.24, 2.45) is 5.41 Å². The predicted molar refractivity (Wildman–Crippen MR) is 112 cm³/mol. The molecule has 0 fully saturated rings. The number of ketones is 1. The molecular formula is C21H25BrN2O4. The number of rotatable bonds is 8. The molecule has 0 saturated heterocycles. The van der Waals surface area contributed by atoms with E-state index in [-0.39, 0.29) is 12.2 Å². The van der Waals surface area contributed by atoms with Crippen LogP contribution in [0.15, 0.2) is 47.1 Å². The largest absolute Gasteiger partial charge is 0.487 e. The Morgan fingerprint density at radius 3 is 2.50 bits per heavy atom. The monoisotopic (exact) mass is 448 g/mol. The van der Waals surface area contributed by atoms with Crippen molar-refractivity contribution >= 4 is 33.3 Å². The maximum atomic E-state index is 12.9. The van der Waals surface area contributed by atoms with Crippen LogP contribution in [0.25, 0.3) is 0 Å². The minimum Gasteiger partial charge on any atom is -0.487 e. The van der Waals surface area contributed by atoms with Gasteiger partial charge in [-0.05, 0) is 52.0 Å². The van der Waals surface area contributed by atoms with Crippen LogP contribution in [0.2, 0.25) is 0 Å². The molecule has 1 amide bonds. The Kier molecular flexibility index (Phi) is 6.82. The summed E-state index contributed by atoms with van der Waals surface area (Å²) in [5.74, 6) is 0.414. The molecule has 0 aliphatic rings. The number of hydrogen-bond donors (Lipinski definition) is 1. The van der Waals surface area contributed by atoms with Crippen LogP contribution >= 0.6 is 15.9 Å². The quantitative estimate of drug-likeness (QED) is 0.595. The van der Waals surface area contributed by atoms with Crippen LogP contribution in [0, 0.1) is 5.41 Å². The van der Waals surface area contributed by atoms with Crippen molar-refractivity contribution in [1.82, 2.24) is 4.98 Å². The number of methoxy groups -OCH3 is 1. The van der Waals surface area contributed by atoms with Crippen molar-refractivity contribution < 1.29 is 19.1 Å². The minimum atomic E-state index is -0.900. The molecule has 7 heteroatoms. The number of carbonyl (C=O) groups excluding carboxylic acids is 2. The van der Waals surface area contributed by atoms with E-state index < -0.39 is 16.9 Å². The first kappa shape index (κ1) is 21.9. The number of anilines is 1. The Morgan fingerprint density at radius 2 is 1.86 bits per heavy atom. The Hall–Kier alpha value is -2.41. The maximum absolute atomic E-state index is 12.9. The lowest BCUT2D eigenvalue weighted by Gasteiger charge is -2.40. The zero-order valence-corrected chi connectivity index (χ0v) is 18.3. The van der Waals surface area contributed by atoms with E-state index in [4.69, 9.17) is 9.47 Å². The second-order valence-electron chi connectivity index (χ2n) is 7.43. The van der Waals surface area contributed by atoms with Crippen LogP contribution in [0.4, 0.5) is 5.69 Å². The fourth-order valence-electron chi connectivity index (χ4n) is 2.46. The number of hydrogen-bond acceptors (Lipinski definition) is 5. The highest BCUT2D eigenvalue weighted by Gasteiger charge is 2.45. The molecule has 0 unspecified atom stereocenters. The number of amides is 1. The summed E-state index contributed by atoms with van der Waals surface area (Å²) in [4.78, 5) is 29.2. The van der Waals surface area contributed by atoms with E-state index in [9.17, 15) is 9.59 Å². The van der Waals surface area contributed by atoms with E-state index in [2.05, 4.69) is 26.2 Å². The summed E-state index contributed by atoms with van der Waals surface area (Å²) in [6, 6.07) is 10.7. The Balaban J connectivity index is 2.06. The molecular weight excluding hydrogens is 424 g/mol. The fraction of sp³-hybridized carbons (Fsp3) is 0.381. The van der Waals surface area contributed by atoms with Crippen LogP contribution in [-0.2, 0) is 9.59 Å². The number of pyridine rings is 1. The number of nitrogens with zero attached hydrogens (tertiary/aromatic N) is 1. The molecule has 0 bridgehead atoms. The average molecular weight is 449 g/mol. The van der Waals surface area contributed by atoms with Gasteiger partial charge in [-0.15, -0.1) is 0 Å². The third-order valence-electron chi connectivity index (χ3n) is 4.92. The number of Topliss-reactive ketones (excluding diaryl/α,β-unsaturated/α-hetero) is 1. The van der Waals surface area contributed by atoms with Gasteiger partial charge in [-0.3, -0.25) is 9.59 Å². The molecule has 1 aromatic heterocycles. The highest BCUT2D eigenvalue weighted by Crippen LogP contribution is 2.37. The van der Waals surface area contributed by atoms with Gasteiger partial charge in [0.05, 0.1) is 18.9 Å². The topological polar surface area (TPSA) is 77.5 Å². The highest BCUT2D eigenvalue weighted by molar-refractivity contribution is 9.10. The summed E-state index contributed by atoms with van der Waals surface area (Å²) in [6.07, 6.45) is 1.26. The zero-order chi connectivity index (χ0) is 20.9. The van der Waals surface area contributed by atoms with E-state index in [1.807, 2.05) is 38.1 Å². The summed E-state index contributed by atoms with van der Waals surface area (Å²) >= 11 is 3.41. The first-order chi connectivity index (χ1) is 13.0. The summed E-state index contributed by atoms with van der Waals surface area (Å²) in [5.41, 5.74) is -1.21. The highest BCUT2D eigenvalue weighted by atomic mass is 79.9. The number of benzene rings is 1. The zero-order valence-electron chi connectivity index (χ0n) is 16.7. The van der Waals surface area contributed by atoms with Crippen molar-refractivity contribution in [2.75, 3.05) is 12.4 Å². The lowest BCUT2D eigenvalue weighted by atomic mass is 9.72. The van der Waals surface area contributed by atoms with E-state index in [1.54, 1.807) is 26.0 Å². The number of aromatic nitrogens is 1. The third-order valence-corrected chi connectivity index (χ3v) is 5.41. The SMILES string of the molecule is COc1cc(NC(=O)CC(=O)C(C)(C)C(C)(C)Oc2cccc(Br)c2)ccn1. The first-order valence-electron chi connectivity index (χ1n) is 8.83. The van der Waals surface area contributed by atoms with Gasteiger partial charge in [-0.25, -0.2) is 4.98 Å². The number of halogens is 1. The van der Waals surface area contributed by atoms with Gasteiger partial charge in [0, 0.05) is 22.4 Å². The van der Waals surface area contributed by atoms with Crippen molar-refractivity contribution in [3.05, 3.63) is 47.1 Å². The van der Waals surface area contributed by atoms with Crippen molar-refractivity contribution in [3.8, 4) is 11.6 Å². The van der Waals surface area contributed by atoms with Crippen LogP contribution in [-0.4, -0.2) is 29.4 Å². The lowest BCUT2D eigenvalue weighted by Crippen LogP contribution is -2.50. The summed E-state index contributed by atoms with van der Waals surface area (Å²) < 4.78 is 12.0.